The van der Waals surface area contributed by atoms with E-state index in [4.69, 9.17) is 12.6 Å². The van der Waals surface area contributed by atoms with Gasteiger partial charge in [0.1, 0.15) is 5.82 Å². The number of aliphatic hydroxyl groups is 1. The van der Waals surface area contributed by atoms with Gasteiger partial charge >= 0.3 is 0 Å². The van der Waals surface area contributed by atoms with E-state index in [1.807, 2.05) is 44.4 Å². The topological polar surface area (TPSA) is 52.1 Å². The predicted molar refractivity (Wildman–Crippen MR) is 93.6 cm³/mol. The lowest BCUT2D eigenvalue weighted by molar-refractivity contribution is 0.282. The van der Waals surface area contributed by atoms with Gasteiger partial charge in [0.2, 0.25) is 0 Å². The first-order chi connectivity index (χ1) is 10.6. The van der Waals surface area contributed by atoms with Crippen molar-refractivity contribution in [3.63, 3.8) is 0 Å². The molecule has 0 spiro atoms. The Hall–Kier alpha value is -1.98. The van der Waals surface area contributed by atoms with Crippen LogP contribution in [0.3, 0.4) is 0 Å². The van der Waals surface area contributed by atoms with E-state index in [-0.39, 0.29) is 11.9 Å². The average Bonchev–Trinajstić information content (AvgIpc) is 2.96. The molecule has 22 heavy (non-hydrogen) atoms. The zero-order valence-corrected chi connectivity index (χ0v) is 13.5. The highest BCUT2D eigenvalue weighted by atomic mass is 32.1. The number of fused-ring (bicyclic) bond motifs is 1. The summed E-state index contributed by atoms with van der Waals surface area (Å²) in [5.74, 6) is 0.808. The van der Waals surface area contributed by atoms with Gasteiger partial charge in [-0.15, -0.1) is 0 Å². The highest BCUT2D eigenvalue weighted by molar-refractivity contribution is 7.80. The third-order valence-corrected chi connectivity index (χ3v) is 4.24. The lowest BCUT2D eigenvalue weighted by atomic mass is 10.1. The van der Waals surface area contributed by atoms with Crippen LogP contribution >= 0.6 is 12.6 Å². The molecule has 0 bridgehead atoms. The van der Waals surface area contributed by atoms with Crippen molar-refractivity contribution in [2.75, 3.05) is 19.0 Å². The second kappa shape index (κ2) is 6.02. The Morgan fingerprint density at radius 3 is 2.73 bits per heavy atom. The quantitative estimate of drug-likeness (QED) is 0.649. The molecule has 1 unspecified atom stereocenters. The molecule has 0 radical (unpaired) electrons. The van der Waals surface area contributed by atoms with Crippen LogP contribution < -0.4 is 4.90 Å². The molecule has 1 heterocycles. The Bertz CT molecular complexity index is 797. The van der Waals surface area contributed by atoms with Gasteiger partial charge in [0.05, 0.1) is 22.9 Å². The molecule has 0 saturated heterocycles. The minimum atomic E-state index is -0.136. The molecule has 2 N–H and O–H groups in total. The molecule has 4 nitrogen and oxygen atoms in total. The van der Waals surface area contributed by atoms with Gasteiger partial charge in [-0.25, -0.2) is 4.98 Å². The summed E-state index contributed by atoms with van der Waals surface area (Å²) >= 11 is 4.76. The SMILES string of the molecule is CN(C)c1ccccc1C(S)c1nc2ccc(CO)cc2[nH]1. The summed E-state index contributed by atoms with van der Waals surface area (Å²) < 4.78 is 0. The summed E-state index contributed by atoms with van der Waals surface area (Å²) in [6.07, 6.45) is 0. The van der Waals surface area contributed by atoms with Crippen LogP contribution in [0.5, 0.6) is 0 Å². The van der Waals surface area contributed by atoms with Crippen LogP contribution in [0.2, 0.25) is 0 Å². The van der Waals surface area contributed by atoms with Crippen LogP contribution in [0.25, 0.3) is 11.0 Å². The summed E-state index contributed by atoms with van der Waals surface area (Å²) in [7, 11) is 4.04. The first-order valence-corrected chi connectivity index (χ1v) is 7.65. The van der Waals surface area contributed by atoms with Gasteiger partial charge in [0, 0.05) is 19.8 Å². The lowest BCUT2D eigenvalue weighted by Gasteiger charge is -2.20. The maximum atomic E-state index is 9.23. The molecular weight excluding hydrogens is 294 g/mol. The summed E-state index contributed by atoms with van der Waals surface area (Å²) in [5.41, 5.74) is 4.90. The number of aliphatic hydroxyl groups excluding tert-OH is 1. The minimum Gasteiger partial charge on any atom is -0.392 e. The maximum Gasteiger partial charge on any atom is 0.124 e. The van der Waals surface area contributed by atoms with E-state index in [0.29, 0.717) is 0 Å². The normalized spacial score (nSPS) is 12.5. The molecule has 1 atom stereocenters. The van der Waals surface area contributed by atoms with Crippen LogP contribution in [0.1, 0.15) is 22.2 Å². The zero-order valence-electron chi connectivity index (χ0n) is 12.6. The van der Waals surface area contributed by atoms with Crippen molar-refractivity contribution >= 4 is 29.3 Å². The largest absolute Gasteiger partial charge is 0.392 e. The summed E-state index contributed by atoms with van der Waals surface area (Å²) in [5, 5.41) is 9.10. The molecule has 3 rings (SSSR count). The van der Waals surface area contributed by atoms with E-state index < -0.39 is 0 Å². The minimum absolute atomic E-state index is 0.0259. The van der Waals surface area contributed by atoms with Gasteiger partial charge in [0.15, 0.2) is 0 Å². The van der Waals surface area contributed by atoms with Crippen LogP contribution in [0.15, 0.2) is 42.5 Å². The number of nitrogens with zero attached hydrogens (tertiary/aromatic N) is 2. The van der Waals surface area contributed by atoms with Gasteiger partial charge < -0.3 is 15.0 Å². The molecule has 0 aliphatic carbocycles. The second-order valence-corrected chi connectivity index (χ2v) is 6.00. The highest BCUT2D eigenvalue weighted by Gasteiger charge is 2.18. The predicted octanol–water partition coefficient (Wildman–Crippen LogP) is 3.14. The molecule has 0 aliphatic rings. The van der Waals surface area contributed by atoms with Crippen molar-refractivity contribution in [3.05, 3.63) is 59.4 Å². The van der Waals surface area contributed by atoms with Gasteiger partial charge in [-0.1, -0.05) is 24.3 Å². The second-order valence-electron chi connectivity index (χ2n) is 5.49. The average molecular weight is 313 g/mol. The van der Waals surface area contributed by atoms with Crippen LogP contribution in [-0.4, -0.2) is 29.2 Å². The maximum absolute atomic E-state index is 9.23. The van der Waals surface area contributed by atoms with Crippen LogP contribution in [-0.2, 0) is 6.61 Å². The Balaban J connectivity index is 2.03. The van der Waals surface area contributed by atoms with Crippen molar-refractivity contribution in [3.8, 4) is 0 Å². The van der Waals surface area contributed by atoms with Crippen molar-refractivity contribution in [2.24, 2.45) is 0 Å². The third kappa shape index (κ3) is 2.69. The van der Waals surface area contributed by atoms with Gasteiger partial charge in [-0.3, -0.25) is 0 Å². The number of hydrogen-bond acceptors (Lipinski definition) is 4. The fraction of sp³-hybridized carbons (Fsp3) is 0.235. The fourth-order valence-electron chi connectivity index (χ4n) is 2.58. The Morgan fingerprint density at radius 2 is 2.00 bits per heavy atom. The Kier molecular flexibility index (Phi) is 4.09. The van der Waals surface area contributed by atoms with Crippen LogP contribution in [0, 0.1) is 0 Å². The number of aromatic nitrogens is 2. The number of aromatic amines is 1. The zero-order chi connectivity index (χ0) is 15.7. The van der Waals surface area contributed by atoms with E-state index in [1.165, 1.54) is 0 Å². The lowest BCUT2D eigenvalue weighted by Crippen LogP contribution is -2.12. The molecule has 114 valence electrons. The van der Waals surface area contributed by atoms with E-state index in [1.54, 1.807) is 0 Å². The molecule has 3 aromatic rings. The van der Waals surface area contributed by atoms with Crippen LogP contribution in [0.4, 0.5) is 5.69 Å². The number of para-hydroxylation sites is 1. The van der Waals surface area contributed by atoms with Gasteiger partial charge in [0.25, 0.3) is 0 Å². The highest BCUT2D eigenvalue weighted by Crippen LogP contribution is 2.33. The number of imidazole rings is 1. The van der Waals surface area contributed by atoms with E-state index in [2.05, 4.69) is 27.0 Å². The molecule has 0 saturated carbocycles. The van der Waals surface area contributed by atoms with Crippen molar-refractivity contribution in [1.82, 2.24) is 9.97 Å². The molecule has 0 fully saturated rings. The molecule has 0 amide bonds. The summed E-state index contributed by atoms with van der Waals surface area (Å²) in [6.45, 7) is 0.0259. The number of H-pyrrole nitrogens is 1. The number of nitrogens with one attached hydrogen (secondary N) is 1. The van der Waals surface area contributed by atoms with Gasteiger partial charge in [-0.05, 0) is 29.3 Å². The fourth-order valence-corrected chi connectivity index (χ4v) is 2.92. The third-order valence-electron chi connectivity index (χ3n) is 3.72. The number of thiol groups is 1. The van der Waals surface area contributed by atoms with E-state index >= 15 is 0 Å². The van der Waals surface area contributed by atoms with Crippen molar-refractivity contribution < 1.29 is 5.11 Å². The monoisotopic (exact) mass is 313 g/mol. The Labute approximate surface area is 135 Å². The van der Waals surface area contributed by atoms with Crippen molar-refractivity contribution in [2.45, 2.75) is 11.9 Å². The van der Waals surface area contributed by atoms with E-state index in [9.17, 15) is 5.11 Å². The molecule has 0 aliphatic heterocycles. The number of rotatable bonds is 4. The smallest absolute Gasteiger partial charge is 0.124 e. The summed E-state index contributed by atoms with van der Waals surface area (Å²) in [6, 6.07) is 13.9. The number of benzene rings is 2. The van der Waals surface area contributed by atoms with E-state index in [0.717, 1.165) is 33.7 Å². The first kappa shape index (κ1) is 14.9. The Morgan fingerprint density at radius 1 is 1.23 bits per heavy atom. The van der Waals surface area contributed by atoms with Crippen molar-refractivity contribution in [1.29, 1.82) is 0 Å². The standard InChI is InChI=1S/C17H19N3OS/c1-20(2)15-6-4-3-5-12(15)16(22)17-18-13-8-7-11(10-21)9-14(13)19-17/h3-9,16,21-22H,10H2,1-2H3,(H,18,19). The van der Waals surface area contributed by atoms with Gasteiger partial charge in [-0.2, -0.15) is 12.6 Å². The molecular formula is C17H19N3OS. The summed E-state index contributed by atoms with van der Waals surface area (Å²) in [4.78, 5) is 10.0. The molecule has 2 aromatic carbocycles. The number of hydrogen-bond donors (Lipinski definition) is 3. The molecule has 5 heteroatoms. The number of anilines is 1. The molecule has 1 aromatic heterocycles. The first-order valence-electron chi connectivity index (χ1n) is 7.14.